The van der Waals surface area contributed by atoms with Crippen molar-refractivity contribution in [3.05, 3.63) is 47.5 Å². The van der Waals surface area contributed by atoms with Crippen LogP contribution in [0.5, 0.6) is 11.5 Å². The number of carbonyl (C=O) groups is 1. The molecule has 3 aromatic rings. The Hall–Kier alpha value is -3.50. The number of halogens is 2. The summed E-state index contributed by atoms with van der Waals surface area (Å²) < 4.78 is 10.6. The third kappa shape index (κ3) is 7.05. The van der Waals surface area contributed by atoms with Gasteiger partial charge in [0.25, 0.3) is 5.91 Å². The minimum Gasteiger partial charge on any atom is -0.493 e. The quantitative estimate of drug-likeness (QED) is 0.217. The van der Waals surface area contributed by atoms with E-state index in [2.05, 4.69) is 25.9 Å². The van der Waals surface area contributed by atoms with Crippen LogP contribution in [0, 0.1) is 12.3 Å². The number of rotatable bonds is 7. The first-order valence-electron chi connectivity index (χ1n) is 11.6. The Morgan fingerprint density at radius 2 is 1.70 bits per heavy atom. The van der Waals surface area contributed by atoms with Gasteiger partial charge in [-0.3, -0.25) is 15.5 Å². The van der Waals surface area contributed by atoms with Gasteiger partial charge in [-0.1, -0.05) is 24.5 Å². The maximum Gasteiger partial charge on any atom is 0.258 e. The number of methoxy groups -OCH3 is 2. The molecular weight excluding hydrogens is 517 g/mol. The maximum atomic E-state index is 13.0. The van der Waals surface area contributed by atoms with Crippen LogP contribution in [0.1, 0.15) is 41.6 Å². The lowest BCUT2D eigenvalue weighted by atomic mass is 9.90. The summed E-state index contributed by atoms with van der Waals surface area (Å²) in [5.41, 5.74) is 7.80. The average molecular weight is 550 g/mol. The molecule has 0 spiro atoms. The average Bonchev–Trinajstić information content (AvgIpc) is 2.84. The van der Waals surface area contributed by atoms with Crippen molar-refractivity contribution in [3.63, 3.8) is 0 Å². The number of carbonyl (C=O) groups excluding carboxylic acids is 1. The molecule has 12 heteroatoms. The topological polar surface area (TPSA) is 147 Å². The third-order valence-corrected chi connectivity index (χ3v) is 6.15. The maximum absolute atomic E-state index is 13.0. The number of hydrogen-bond donors (Lipinski definition) is 5. The largest absolute Gasteiger partial charge is 0.493 e. The molecule has 6 N–H and O–H groups in total. The Kier molecular flexibility index (Phi) is 10.6. The summed E-state index contributed by atoms with van der Waals surface area (Å²) in [6, 6.07) is 10.9. The van der Waals surface area contributed by atoms with E-state index in [1.165, 1.54) is 7.11 Å². The van der Waals surface area contributed by atoms with Gasteiger partial charge in [-0.15, -0.1) is 24.8 Å². The summed E-state index contributed by atoms with van der Waals surface area (Å²) in [6.07, 6.45) is 3.95. The van der Waals surface area contributed by atoms with Crippen molar-refractivity contribution >= 4 is 59.3 Å². The van der Waals surface area contributed by atoms with Gasteiger partial charge in [0.2, 0.25) is 5.95 Å². The fourth-order valence-electron chi connectivity index (χ4n) is 4.41. The first kappa shape index (κ1) is 29.7. The molecule has 1 heterocycles. The molecule has 1 fully saturated rings. The van der Waals surface area contributed by atoms with Gasteiger partial charge in [0.05, 0.1) is 19.7 Å². The number of nitrogens with two attached hydrogens (primary N) is 1. The fourth-order valence-corrected chi connectivity index (χ4v) is 4.41. The Morgan fingerprint density at radius 1 is 1.00 bits per heavy atom. The Labute approximate surface area is 228 Å². The van der Waals surface area contributed by atoms with Gasteiger partial charge < -0.3 is 25.8 Å². The molecule has 1 amide bonds. The van der Waals surface area contributed by atoms with Crippen molar-refractivity contribution in [2.24, 2.45) is 5.73 Å². The minimum absolute atomic E-state index is 0. The number of nitrogens with one attached hydrogen (secondary N) is 4. The number of fused-ring (bicyclic) bond motifs is 1. The minimum atomic E-state index is -0.364. The smallest absolute Gasteiger partial charge is 0.258 e. The summed E-state index contributed by atoms with van der Waals surface area (Å²) in [4.78, 5) is 22.2. The Balaban J connectivity index is 0.00000241. The second kappa shape index (κ2) is 13.2. The molecule has 37 heavy (non-hydrogen) atoms. The molecule has 200 valence electrons. The SMILES string of the molecule is COc1ccc(C(=O)Nc2nc(N[C@H]3CCCC[C@H]3NC(=N)N)c3cc(C)ccc3n2)cc1OC.Cl.Cl. The van der Waals surface area contributed by atoms with E-state index >= 15 is 0 Å². The molecule has 1 aliphatic carbocycles. The van der Waals surface area contributed by atoms with Crippen LogP contribution in [-0.4, -0.2) is 48.1 Å². The number of aryl methyl sites for hydroxylation is 1. The van der Waals surface area contributed by atoms with Gasteiger partial charge >= 0.3 is 0 Å². The summed E-state index contributed by atoms with van der Waals surface area (Å²) in [7, 11) is 3.06. The molecule has 1 aromatic heterocycles. The highest BCUT2D eigenvalue weighted by Crippen LogP contribution is 2.29. The molecule has 1 saturated carbocycles. The molecule has 0 bridgehead atoms. The number of ether oxygens (including phenoxy) is 2. The van der Waals surface area contributed by atoms with Gasteiger partial charge in [0.1, 0.15) is 5.82 Å². The zero-order valence-electron chi connectivity index (χ0n) is 21.0. The van der Waals surface area contributed by atoms with E-state index in [1.807, 2.05) is 25.1 Å². The molecule has 2 atom stereocenters. The van der Waals surface area contributed by atoms with Gasteiger partial charge in [0, 0.05) is 23.0 Å². The van der Waals surface area contributed by atoms with Gasteiger partial charge in [-0.05, 0) is 50.1 Å². The molecule has 0 unspecified atom stereocenters. The van der Waals surface area contributed by atoms with E-state index < -0.39 is 0 Å². The van der Waals surface area contributed by atoms with Crippen LogP contribution in [0.2, 0.25) is 0 Å². The summed E-state index contributed by atoms with van der Waals surface area (Å²) in [6.45, 7) is 2.01. The van der Waals surface area contributed by atoms with Gasteiger partial charge in [-0.25, -0.2) is 4.98 Å². The highest BCUT2D eigenvalue weighted by molar-refractivity contribution is 6.04. The monoisotopic (exact) mass is 549 g/mol. The van der Waals surface area contributed by atoms with Crippen molar-refractivity contribution in [1.82, 2.24) is 15.3 Å². The number of amides is 1. The van der Waals surface area contributed by atoms with Crippen molar-refractivity contribution in [2.45, 2.75) is 44.7 Å². The number of aromatic nitrogens is 2. The standard InChI is InChI=1S/C25H31N7O3.2ClH/c1-14-8-10-17-16(12-14)22(28-18-6-4-5-7-19(18)29-24(26)27)31-25(30-17)32-23(33)15-9-11-20(34-2)21(13-15)35-3;;/h8-13,18-19H,4-7H2,1-3H3,(H4,26,27,29)(H2,28,30,31,32,33);2*1H/t18-,19+;;/m0../s1. The van der Waals surface area contributed by atoms with Crippen molar-refractivity contribution in [1.29, 1.82) is 5.41 Å². The Morgan fingerprint density at radius 3 is 2.38 bits per heavy atom. The molecular formula is C25H33Cl2N7O3. The van der Waals surface area contributed by atoms with Crippen molar-refractivity contribution in [3.8, 4) is 11.5 Å². The van der Waals surface area contributed by atoms with E-state index in [0.29, 0.717) is 28.4 Å². The van der Waals surface area contributed by atoms with Crippen LogP contribution in [-0.2, 0) is 0 Å². The molecule has 4 rings (SSSR count). The molecule has 2 aromatic carbocycles. The highest BCUT2D eigenvalue weighted by Gasteiger charge is 2.26. The molecule has 0 saturated heterocycles. The number of guanidine groups is 1. The van der Waals surface area contributed by atoms with Crippen LogP contribution >= 0.6 is 24.8 Å². The number of nitrogens with zero attached hydrogens (tertiary/aromatic N) is 2. The lowest BCUT2D eigenvalue weighted by Gasteiger charge is -2.33. The number of hydrogen-bond acceptors (Lipinski definition) is 7. The van der Waals surface area contributed by atoms with E-state index in [9.17, 15) is 4.79 Å². The van der Waals surface area contributed by atoms with Crippen LogP contribution in [0.25, 0.3) is 10.9 Å². The third-order valence-electron chi connectivity index (χ3n) is 6.15. The van der Waals surface area contributed by atoms with Crippen LogP contribution < -0.4 is 31.2 Å². The summed E-state index contributed by atoms with van der Waals surface area (Å²) in [5.74, 6) is 1.40. The van der Waals surface area contributed by atoms with Gasteiger partial charge in [0.15, 0.2) is 17.5 Å². The molecule has 1 aliphatic rings. The van der Waals surface area contributed by atoms with E-state index in [0.717, 1.165) is 36.6 Å². The van der Waals surface area contributed by atoms with E-state index in [4.69, 9.17) is 20.6 Å². The molecule has 0 aliphatic heterocycles. The van der Waals surface area contributed by atoms with E-state index in [1.54, 1.807) is 25.3 Å². The second-order valence-electron chi connectivity index (χ2n) is 8.64. The van der Waals surface area contributed by atoms with Crippen LogP contribution in [0.4, 0.5) is 11.8 Å². The normalized spacial score (nSPS) is 16.5. The lowest BCUT2D eigenvalue weighted by Crippen LogP contribution is -2.50. The zero-order chi connectivity index (χ0) is 24.9. The first-order chi connectivity index (χ1) is 16.9. The van der Waals surface area contributed by atoms with Crippen LogP contribution in [0.3, 0.4) is 0 Å². The van der Waals surface area contributed by atoms with Gasteiger partial charge in [-0.2, -0.15) is 4.98 Å². The zero-order valence-corrected chi connectivity index (χ0v) is 22.6. The van der Waals surface area contributed by atoms with Crippen LogP contribution in [0.15, 0.2) is 36.4 Å². The van der Waals surface area contributed by atoms with Crippen molar-refractivity contribution in [2.75, 3.05) is 24.9 Å². The summed E-state index contributed by atoms with van der Waals surface area (Å²) in [5, 5.41) is 17.9. The fraction of sp³-hybridized carbons (Fsp3) is 0.360. The van der Waals surface area contributed by atoms with E-state index in [-0.39, 0.29) is 54.7 Å². The lowest BCUT2D eigenvalue weighted by molar-refractivity contribution is 0.102. The first-order valence-corrected chi connectivity index (χ1v) is 11.6. The second-order valence-corrected chi connectivity index (χ2v) is 8.64. The predicted molar refractivity (Wildman–Crippen MR) is 151 cm³/mol. The molecule has 10 nitrogen and oxygen atoms in total. The highest BCUT2D eigenvalue weighted by atomic mass is 35.5. The number of benzene rings is 2. The van der Waals surface area contributed by atoms with Crippen molar-refractivity contribution < 1.29 is 14.3 Å². The Bertz CT molecular complexity index is 1260. The number of anilines is 2. The summed E-state index contributed by atoms with van der Waals surface area (Å²) >= 11 is 0. The predicted octanol–water partition coefficient (Wildman–Crippen LogP) is 4.26. The molecule has 0 radical (unpaired) electrons.